The maximum absolute atomic E-state index is 4.54. The minimum atomic E-state index is 0.837. The van der Waals surface area contributed by atoms with Gasteiger partial charge in [0.05, 0.1) is 23.8 Å². The molecule has 5 nitrogen and oxygen atoms in total. The van der Waals surface area contributed by atoms with Gasteiger partial charge in [-0.05, 0) is 24.3 Å². The Balaban J connectivity index is 1.92. The second-order valence-corrected chi connectivity index (χ2v) is 4.71. The molecule has 0 amide bonds. The lowest BCUT2D eigenvalue weighted by Gasteiger charge is -2.03. The molecule has 0 aliphatic heterocycles. The molecular weight excluding hydrogens is 270 g/mol. The lowest BCUT2D eigenvalue weighted by Crippen LogP contribution is -1.94. The molecule has 0 fully saturated rings. The lowest BCUT2D eigenvalue weighted by atomic mass is 10.2. The second-order valence-electron chi connectivity index (χ2n) is 4.10. The van der Waals surface area contributed by atoms with Crippen LogP contribution in [0.25, 0.3) is 16.9 Å². The fourth-order valence-corrected chi connectivity index (χ4v) is 2.17. The fourth-order valence-electron chi connectivity index (χ4n) is 1.84. The maximum atomic E-state index is 4.54. The third-order valence-electron chi connectivity index (χ3n) is 2.74. The smallest absolute Gasteiger partial charge is 0.136 e. The number of aromatic nitrogens is 4. The van der Waals surface area contributed by atoms with Gasteiger partial charge in [-0.1, -0.05) is 18.0 Å². The zero-order valence-electron chi connectivity index (χ0n) is 10.9. The minimum absolute atomic E-state index is 0.837. The van der Waals surface area contributed by atoms with Gasteiger partial charge in [-0.25, -0.2) is 9.67 Å². The quantitative estimate of drug-likeness (QED) is 0.746. The molecule has 0 spiro atoms. The minimum Gasteiger partial charge on any atom is -0.315 e. The summed E-state index contributed by atoms with van der Waals surface area (Å²) in [5.41, 5.74) is 2.79. The van der Waals surface area contributed by atoms with Gasteiger partial charge < -0.3 is 4.72 Å². The summed E-state index contributed by atoms with van der Waals surface area (Å²) >= 11 is 1.52. The first-order chi connectivity index (χ1) is 9.86. The summed E-state index contributed by atoms with van der Waals surface area (Å²) in [5, 5.41) is 4.35. The molecule has 0 bridgehead atoms. The fraction of sp³-hybridized carbons (Fsp3) is 0.0714. The van der Waals surface area contributed by atoms with E-state index in [0.717, 1.165) is 22.8 Å². The SMILES string of the molecule is CSNc1cccc(-c2cnn(-c3cccnc3)c2)n1. The largest absolute Gasteiger partial charge is 0.315 e. The highest BCUT2D eigenvalue weighted by Crippen LogP contribution is 2.20. The van der Waals surface area contributed by atoms with Crippen LogP contribution in [0.4, 0.5) is 5.82 Å². The molecule has 3 aromatic rings. The Kier molecular flexibility index (Phi) is 3.64. The normalized spacial score (nSPS) is 10.4. The Morgan fingerprint density at radius 2 is 2.10 bits per heavy atom. The molecule has 0 aromatic carbocycles. The van der Waals surface area contributed by atoms with Crippen molar-refractivity contribution in [3.05, 3.63) is 55.1 Å². The Hall–Kier alpha value is -2.34. The van der Waals surface area contributed by atoms with Crippen LogP contribution in [-0.4, -0.2) is 26.0 Å². The van der Waals surface area contributed by atoms with E-state index in [9.17, 15) is 0 Å². The number of hydrogen-bond donors (Lipinski definition) is 1. The standard InChI is InChI=1S/C14H13N5S/c1-20-18-14-6-2-5-13(17-14)11-8-16-19(10-11)12-4-3-7-15-9-12/h2-10H,1H3,(H,17,18). The van der Waals surface area contributed by atoms with Crippen LogP contribution < -0.4 is 4.72 Å². The molecule has 3 aromatic heterocycles. The van der Waals surface area contributed by atoms with Crippen molar-refractivity contribution in [1.82, 2.24) is 19.7 Å². The summed E-state index contributed by atoms with van der Waals surface area (Å²) in [7, 11) is 0. The van der Waals surface area contributed by atoms with Gasteiger partial charge in [-0.15, -0.1) is 0 Å². The highest BCUT2D eigenvalue weighted by atomic mass is 32.2. The number of anilines is 1. The Bertz CT molecular complexity index is 696. The molecule has 6 heteroatoms. The van der Waals surface area contributed by atoms with Crippen LogP contribution in [0.3, 0.4) is 0 Å². The van der Waals surface area contributed by atoms with Crippen LogP contribution in [0.2, 0.25) is 0 Å². The molecule has 0 aliphatic rings. The Labute approximate surface area is 121 Å². The van der Waals surface area contributed by atoms with Crippen LogP contribution in [0.1, 0.15) is 0 Å². The highest BCUT2D eigenvalue weighted by molar-refractivity contribution is 7.99. The van der Waals surface area contributed by atoms with E-state index in [2.05, 4.69) is 19.8 Å². The zero-order chi connectivity index (χ0) is 13.8. The number of nitrogens with one attached hydrogen (secondary N) is 1. The van der Waals surface area contributed by atoms with Crippen LogP contribution in [0.15, 0.2) is 55.1 Å². The van der Waals surface area contributed by atoms with E-state index < -0.39 is 0 Å². The van der Waals surface area contributed by atoms with Crippen molar-refractivity contribution in [2.24, 2.45) is 0 Å². The van der Waals surface area contributed by atoms with Crippen molar-refractivity contribution < 1.29 is 0 Å². The van der Waals surface area contributed by atoms with E-state index in [4.69, 9.17) is 0 Å². The molecule has 0 saturated carbocycles. The van der Waals surface area contributed by atoms with Crippen molar-refractivity contribution in [2.75, 3.05) is 11.0 Å². The molecule has 3 heterocycles. The average molecular weight is 283 g/mol. The van der Waals surface area contributed by atoms with Gasteiger partial charge >= 0.3 is 0 Å². The number of hydrogen-bond acceptors (Lipinski definition) is 5. The zero-order valence-corrected chi connectivity index (χ0v) is 11.7. The summed E-state index contributed by atoms with van der Waals surface area (Å²) in [6, 6.07) is 9.73. The molecule has 0 aliphatic carbocycles. The topological polar surface area (TPSA) is 55.6 Å². The maximum Gasteiger partial charge on any atom is 0.136 e. The third kappa shape index (κ3) is 2.65. The average Bonchev–Trinajstić information content (AvgIpc) is 2.99. The summed E-state index contributed by atoms with van der Waals surface area (Å²) in [5.74, 6) is 0.837. The van der Waals surface area contributed by atoms with E-state index in [0.29, 0.717) is 0 Å². The van der Waals surface area contributed by atoms with E-state index >= 15 is 0 Å². The highest BCUT2D eigenvalue weighted by Gasteiger charge is 2.05. The van der Waals surface area contributed by atoms with Crippen molar-refractivity contribution in [1.29, 1.82) is 0 Å². The first-order valence-electron chi connectivity index (χ1n) is 6.08. The van der Waals surface area contributed by atoms with E-state index in [-0.39, 0.29) is 0 Å². The van der Waals surface area contributed by atoms with Gasteiger partial charge in [0.25, 0.3) is 0 Å². The summed E-state index contributed by atoms with van der Waals surface area (Å²) < 4.78 is 4.91. The van der Waals surface area contributed by atoms with E-state index in [1.807, 2.05) is 42.8 Å². The molecule has 100 valence electrons. The number of nitrogens with zero attached hydrogens (tertiary/aromatic N) is 4. The molecule has 20 heavy (non-hydrogen) atoms. The predicted octanol–water partition coefficient (Wildman–Crippen LogP) is 3.02. The van der Waals surface area contributed by atoms with E-state index in [1.54, 1.807) is 23.3 Å². The van der Waals surface area contributed by atoms with Crippen LogP contribution in [-0.2, 0) is 0 Å². The van der Waals surface area contributed by atoms with Crippen molar-refractivity contribution >= 4 is 17.8 Å². The van der Waals surface area contributed by atoms with Gasteiger partial charge in [0.1, 0.15) is 5.82 Å². The van der Waals surface area contributed by atoms with Gasteiger partial charge in [0.2, 0.25) is 0 Å². The first-order valence-corrected chi connectivity index (χ1v) is 7.31. The Morgan fingerprint density at radius 1 is 1.15 bits per heavy atom. The Morgan fingerprint density at radius 3 is 2.90 bits per heavy atom. The first kappa shape index (κ1) is 12.7. The van der Waals surface area contributed by atoms with E-state index in [1.165, 1.54) is 11.9 Å². The van der Waals surface area contributed by atoms with Gasteiger partial charge in [-0.3, -0.25) is 4.98 Å². The molecule has 3 rings (SSSR count). The number of pyridine rings is 2. The van der Waals surface area contributed by atoms with Gasteiger partial charge in [0.15, 0.2) is 0 Å². The summed E-state index contributed by atoms with van der Waals surface area (Å²) in [6.07, 6.45) is 9.23. The molecule has 0 atom stereocenters. The molecular formula is C14H13N5S. The van der Waals surface area contributed by atoms with Crippen molar-refractivity contribution in [3.8, 4) is 16.9 Å². The van der Waals surface area contributed by atoms with Crippen molar-refractivity contribution in [2.45, 2.75) is 0 Å². The summed E-state index contributed by atoms with van der Waals surface area (Å²) in [6.45, 7) is 0. The van der Waals surface area contributed by atoms with Crippen molar-refractivity contribution in [3.63, 3.8) is 0 Å². The summed E-state index contributed by atoms with van der Waals surface area (Å²) in [4.78, 5) is 8.63. The molecule has 0 saturated heterocycles. The third-order valence-corrected chi connectivity index (χ3v) is 3.16. The number of rotatable bonds is 4. The predicted molar refractivity (Wildman–Crippen MR) is 81.7 cm³/mol. The molecule has 0 radical (unpaired) electrons. The molecule has 1 N–H and O–H groups in total. The van der Waals surface area contributed by atoms with Crippen LogP contribution in [0.5, 0.6) is 0 Å². The van der Waals surface area contributed by atoms with Crippen LogP contribution >= 0.6 is 11.9 Å². The lowest BCUT2D eigenvalue weighted by molar-refractivity contribution is 0.874. The van der Waals surface area contributed by atoms with Gasteiger partial charge in [0, 0.05) is 24.2 Å². The van der Waals surface area contributed by atoms with Crippen LogP contribution in [0, 0.1) is 0 Å². The second kappa shape index (κ2) is 5.75. The van der Waals surface area contributed by atoms with Gasteiger partial charge in [-0.2, -0.15) is 5.10 Å². The molecule has 0 unspecified atom stereocenters. The monoisotopic (exact) mass is 283 g/mol.